The van der Waals surface area contributed by atoms with E-state index in [1.807, 2.05) is 0 Å². The summed E-state index contributed by atoms with van der Waals surface area (Å²) in [6.45, 7) is -0.191. The van der Waals surface area contributed by atoms with Crippen LogP contribution in [0.4, 0.5) is 13.2 Å². The van der Waals surface area contributed by atoms with Gasteiger partial charge in [0.1, 0.15) is 13.2 Å². The molecule has 110 valence electrons. The van der Waals surface area contributed by atoms with E-state index in [9.17, 15) is 22.8 Å². The molecule has 0 aliphatic carbocycles. The number of halogens is 3. The molecule has 2 unspecified atom stereocenters. The van der Waals surface area contributed by atoms with Gasteiger partial charge >= 0.3 is 12.1 Å². The van der Waals surface area contributed by atoms with Gasteiger partial charge in [-0.05, 0) is 19.8 Å². The lowest BCUT2D eigenvalue weighted by Crippen LogP contribution is -2.47. The Morgan fingerprint density at radius 2 is 2.05 bits per heavy atom. The third-order valence-electron chi connectivity index (χ3n) is 3.04. The summed E-state index contributed by atoms with van der Waals surface area (Å²) < 4.78 is 39.9. The number of amides is 1. The van der Waals surface area contributed by atoms with Crippen LogP contribution in [0.15, 0.2) is 0 Å². The van der Waals surface area contributed by atoms with E-state index < -0.39 is 37.2 Å². The second-order valence-electron chi connectivity index (χ2n) is 4.60. The van der Waals surface area contributed by atoms with Gasteiger partial charge in [0.05, 0.1) is 5.92 Å². The highest BCUT2D eigenvalue weighted by Crippen LogP contribution is 2.23. The first-order valence-electron chi connectivity index (χ1n) is 5.87. The summed E-state index contributed by atoms with van der Waals surface area (Å²) in [6.07, 6.45) is -3.84. The number of aliphatic carboxylic acids is 1. The Labute approximate surface area is 108 Å². The van der Waals surface area contributed by atoms with Gasteiger partial charge in [0.25, 0.3) is 0 Å². The number of hydrogen-bond acceptors (Lipinski definition) is 3. The topological polar surface area (TPSA) is 66.8 Å². The minimum atomic E-state index is -4.46. The number of alkyl halides is 3. The van der Waals surface area contributed by atoms with Crippen molar-refractivity contribution in [2.45, 2.75) is 32.0 Å². The van der Waals surface area contributed by atoms with E-state index in [0.717, 1.165) is 0 Å². The van der Waals surface area contributed by atoms with Crippen LogP contribution < -0.4 is 0 Å². The van der Waals surface area contributed by atoms with Crippen molar-refractivity contribution in [1.82, 2.24) is 4.90 Å². The van der Waals surface area contributed by atoms with Crippen LogP contribution >= 0.6 is 0 Å². The summed E-state index contributed by atoms with van der Waals surface area (Å²) >= 11 is 0. The molecule has 1 saturated heterocycles. The second kappa shape index (κ2) is 6.23. The molecule has 19 heavy (non-hydrogen) atoms. The van der Waals surface area contributed by atoms with Crippen LogP contribution in [0.3, 0.4) is 0 Å². The molecule has 0 aromatic heterocycles. The Bertz CT molecular complexity index is 345. The van der Waals surface area contributed by atoms with Gasteiger partial charge in [-0.3, -0.25) is 9.59 Å². The molecule has 1 heterocycles. The number of rotatable bonds is 4. The molecular weight excluding hydrogens is 267 g/mol. The number of piperidine rings is 1. The monoisotopic (exact) mass is 283 g/mol. The Balaban J connectivity index is 2.40. The SMILES string of the molecule is CC1CC(C(=O)O)CCN1C(=O)COCC(F)(F)F. The van der Waals surface area contributed by atoms with E-state index in [2.05, 4.69) is 4.74 Å². The first-order valence-corrected chi connectivity index (χ1v) is 5.87. The molecule has 1 aliphatic heterocycles. The van der Waals surface area contributed by atoms with Crippen molar-refractivity contribution < 1.29 is 32.6 Å². The average molecular weight is 283 g/mol. The van der Waals surface area contributed by atoms with Gasteiger partial charge in [0.15, 0.2) is 0 Å². The average Bonchev–Trinajstić information content (AvgIpc) is 2.26. The fraction of sp³-hybridized carbons (Fsp3) is 0.818. The number of hydrogen-bond donors (Lipinski definition) is 1. The van der Waals surface area contributed by atoms with Gasteiger partial charge in [0.2, 0.25) is 5.91 Å². The quantitative estimate of drug-likeness (QED) is 0.844. The molecule has 0 bridgehead atoms. The highest BCUT2D eigenvalue weighted by atomic mass is 19.4. The molecule has 0 radical (unpaired) electrons. The van der Waals surface area contributed by atoms with Crippen molar-refractivity contribution in [3.8, 4) is 0 Å². The minimum absolute atomic E-state index is 0.229. The van der Waals surface area contributed by atoms with Crippen LogP contribution in [-0.4, -0.2) is 53.9 Å². The highest BCUT2D eigenvalue weighted by Gasteiger charge is 2.33. The molecule has 1 fully saturated rings. The maximum absolute atomic E-state index is 11.8. The number of nitrogens with zero attached hydrogens (tertiary/aromatic N) is 1. The molecule has 0 saturated carbocycles. The summed E-state index contributed by atoms with van der Waals surface area (Å²) in [5, 5.41) is 8.86. The molecule has 1 aliphatic rings. The Kier molecular flexibility index (Phi) is 5.16. The normalized spacial score (nSPS) is 24.3. The zero-order chi connectivity index (χ0) is 14.6. The molecule has 5 nitrogen and oxygen atoms in total. The molecule has 0 spiro atoms. The summed E-state index contributed by atoms with van der Waals surface area (Å²) in [7, 11) is 0. The third-order valence-corrected chi connectivity index (χ3v) is 3.04. The van der Waals surface area contributed by atoms with E-state index in [0.29, 0.717) is 12.8 Å². The first-order chi connectivity index (χ1) is 8.70. The molecule has 1 amide bonds. The van der Waals surface area contributed by atoms with E-state index in [4.69, 9.17) is 5.11 Å². The van der Waals surface area contributed by atoms with E-state index in [1.54, 1.807) is 6.92 Å². The first kappa shape index (κ1) is 15.7. The molecular formula is C11H16F3NO4. The van der Waals surface area contributed by atoms with Crippen molar-refractivity contribution in [2.75, 3.05) is 19.8 Å². The van der Waals surface area contributed by atoms with Crippen molar-refractivity contribution in [3.63, 3.8) is 0 Å². The molecule has 2 atom stereocenters. The zero-order valence-electron chi connectivity index (χ0n) is 10.4. The van der Waals surface area contributed by atoms with Gasteiger partial charge in [-0.2, -0.15) is 13.2 Å². The summed E-state index contributed by atoms with van der Waals surface area (Å²) in [5.41, 5.74) is 0. The van der Waals surface area contributed by atoms with Crippen LogP contribution in [0.5, 0.6) is 0 Å². The van der Waals surface area contributed by atoms with Crippen molar-refractivity contribution in [1.29, 1.82) is 0 Å². The Hall–Kier alpha value is -1.31. The molecule has 0 aromatic carbocycles. The molecule has 8 heteroatoms. The van der Waals surface area contributed by atoms with Crippen molar-refractivity contribution in [3.05, 3.63) is 0 Å². The summed E-state index contributed by atoms with van der Waals surface area (Å²) in [5.74, 6) is -1.96. The lowest BCUT2D eigenvalue weighted by molar-refractivity contribution is -0.179. The van der Waals surface area contributed by atoms with Crippen LogP contribution in [0, 0.1) is 5.92 Å². The summed E-state index contributed by atoms with van der Waals surface area (Å²) in [6, 6.07) is -0.308. The number of carbonyl (C=O) groups excluding carboxylic acids is 1. The van der Waals surface area contributed by atoms with Crippen LogP contribution in [0.2, 0.25) is 0 Å². The smallest absolute Gasteiger partial charge is 0.411 e. The van der Waals surface area contributed by atoms with Gasteiger partial charge in [-0.1, -0.05) is 0 Å². The van der Waals surface area contributed by atoms with Gasteiger partial charge in [0, 0.05) is 12.6 Å². The highest BCUT2D eigenvalue weighted by molar-refractivity contribution is 5.78. The Morgan fingerprint density at radius 3 is 2.53 bits per heavy atom. The van der Waals surface area contributed by atoms with Gasteiger partial charge in [-0.15, -0.1) is 0 Å². The van der Waals surface area contributed by atoms with Crippen LogP contribution in [-0.2, 0) is 14.3 Å². The van der Waals surface area contributed by atoms with E-state index in [-0.39, 0.29) is 12.6 Å². The van der Waals surface area contributed by atoms with E-state index in [1.165, 1.54) is 4.90 Å². The van der Waals surface area contributed by atoms with Gasteiger partial charge < -0.3 is 14.7 Å². The number of carboxylic acid groups (broad SMARTS) is 1. The largest absolute Gasteiger partial charge is 0.481 e. The number of ether oxygens (including phenoxy) is 1. The van der Waals surface area contributed by atoms with Crippen LogP contribution in [0.25, 0.3) is 0 Å². The van der Waals surface area contributed by atoms with Crippen molar-refractivity contribution in [2.24, 2.45) is 5.92 Å². The zero-order valence-corrected chi connectivity index (χ0v) is 10.4. The fourth-order valence-corrected chi connectivity index (χ4v) is 2.10. The maximum Gasteiger partial charge on any atom is 0.411 e. The standard InChI is InChI=1S/C11H16F3NO4/c1-7-4-8(10(17)18)2-3-15(7)9(16)5-19-6-11(12,13)14/h7-8H,2-6H2,1H3,(H,17,18). The number of carbonyl (C=O) groups is 2. The second-order valence-corrected chi connectivity index (χ2v) is 4.60. The maximum atomic E-state index is 11.8. The predicted molar refractivity (Wildman–Crippen MR) is 58.4 cm³/mol. The molecule has 1 rings (SSSR count). The third kappa shape index (κ3) is 5.06. The van der Waals surface area contributed by atoms with Crippen molar-refractivity contribution >= 4 is 11.9 Å². The predicted octanol–water partition coefficient (Wildman–Crippen LogP) is 1.28. The Morgan fingerprint density at radius 1 is 1.42 bits per heavy atom. The number of likely N-dealkylation sites (tertiary alicyclic amines) is 1. The molecule has 0 aromatic rings. The van der Waals surface area contributed by atoms with Gasteiger partial charge in [-0.25, -0.2) is 0 Å². The molecule has 1 N–H and O–H groups in total. The minimum Gasteiger partial charge on any atom is -0.481 e. The lowest BCUT2D eigenvalue weighted by atomic mass is 9.92. The van der Waals surface area contributed by atoms with E-state index >= 15 is 0 Å². The number of carboxylic acids is 1. The van der Waals surface area contributed by atoms with Crippen LogP contribution in [0.1, 0.15) is 19.8 Å². The lowest BCUT2D eigenvalue weighted by Gasteiger charge is -2.36. The fourth-order valence-electron chi connectivity index (χ4n) is 2.10. The summed E-state index contributed by atoms with van der Waals surface area (Å²) in [4.78, 5) is 23.8.